The molecule has 114 valence electrons. The van der Waals surface area contributed by atoms with Crippen molar-refractivity contribution in [2.45, 2.75) is 27.2 Å². The fourth-order valence-electron chi connectivity index (χ4n) is 2.34. The Hall–Kier alpha value is -2.42. The molecule has 0 unspecified atom stereocenters. The molecule has 2 aromatic carbocycles. The van der Waals surface area contributed by atoms with Crippen LogP contribution in [0.4, 0.5) is 11.4 Å². The third kappa shape index (κ3) is 4.29. The number of hydrogen-bond acceptors (Lipinski definition) is 3. The molecule has 0 aliphatic heterocycles. The Balaban J connectivity index is 2.05. The summed E-state index contributed by atoms with van der Waals surface area (Å²) in [5.41, 5.74) is 4.23. The van der Waals surface area contributed by atoms with Crippen LogP contribution in [0.2, 0.25) is 0 Å². The Morgan fingerprint density at radius 1 is 0.864 bits per heavy atom. The molecule has 0 amide bonds. The number of carbonyl (C=O) groups excluding carboxylic acids is 2. The molecule has 0 bridgehead atoms. The second-order valence-corrected chi connectivity index (χ2v) is 5.67. The van der Waals surface area contributed by atoms with Gasteiger partial charge in [0.25, 0.3) is 0 Å². The van der Waals surface area contributed by atoms with E-state index in [1.165, 1.54) is 19.4 Å². The Morgan fingerprint density at radius 3 is 1.77 bits per heavy atom. The van der Waals surface area contributed by atoms with Gasteiger partial charge in [0.2, 0.25) is 0 Å². The molecule has 1 N–H and O–H groups in total. The summed E-state index contributed by atoms with van der Waals surface area (Å²) in [6, 6.07) is 16.0. The van der Waals surface area contributed by atoms with Crippen LogP contribution in [0.25, 0.3) is 0 Å². The van der Waals surface area contributed by atoms with E-state index in [0.29, 0.717) is 6.42 Å². The van der Waals surface area contributed by atoms with Crippen molar-refractivity contribution < 1.29 is 9.59 Å². The zero-order valence-electron chi connectivity index (χ0n) is 13.2. The van der Waals surface area contributed by atoms with Gasteiger partial charge in [-0.3, -0.25) is 9.59 Å². The molecule has 3 nitrogen and oxygen atoms in total. The number of aryl methyl sites for hydroxylation is 1. The monoisotopic (exact) mass is 295 g/mol. The first-order valence-corrected chi connectivity index (χ1v) is 7.39. The summed E-state index contributed by atoms with van der Waals surface area (Å²) in [6.45, 7) is 5.00. The smallest absolute Gasteiger partial charge is 0.140 e. The second kappa shape index (κ2) is 7.03. The van der Waals surface area contributed by atoms with Gasteiger partial charge in [0.15, 0.2) is 0 Å². The van der Waals surface area contributed by atoms with Crippen molar-refractivity contribution in [3.8, 4) is 0 Å². The fourth-order valence-corrected chi connectivity index (χ4v) is 2.34. The topological polar surface area (TPSA) is 46.2 Å². The largest absolute Gasteiger partial charge is 0.356 e. The third-order valence-electron chi connectivity index (χ3n) is 3.72. The van der Waals surface area contributed by atoms with Gasteiger partial charge >= 0.3 is 0 Å². The van der Waals surface area contributed by atoms with Crippen LogP contribution < -0.4 is 5.32 Å². The highest BCUT2D eigenvalue weighted by Gasteiger charge is 2.19. The lowest BCUT2D eigenvalue weighted by Crippen LogP contribution is -2.21. The number of benzene rings is 2. The predicted molar refractivity (Wildman–Crippen MR) is 89.5 cm³/mol. The molecule has 2 aromatic rings. The van der Waals surface area contributed by atoms with Crippen molar-refractivity contribution in [2.75, 3.05) is 5.32 Å². The quantitative estimate of drug-likeness (QED) is 0.817. The Labute approximate surface area is 131 Å². The molecule has 0 heterocycles. The number of rotatable bonds is 6. The first-order chi connectivity index (χ1) is 10.5. The first kappa shape index (κ1) is 16.0. The van der Waals surface area contributed by atoms with E-state index in [1.54, 1.807) is 0 Å². The zero-order valence-corrected chi connectivity index (χ0v) is 13.2. The van der Waals surface area contributed by atoms with Gasteiger partial charge in [0.05, 0.1) is 5.92 Å². The maximum atomic E-state index is 11.5. The highest BCUT2D eigenvalue weighted by atomic mass is 16.1. The molecule has 0 spiro atoms. The van der Waals surface area contributed by atoms with Crippen LogP contribution in [0.15, 0.2) is 48.5 Å². The maximum Gasteiger partial charge on any atom is 0.140 e. The maximum absolute atomic E-state index is 11.5. The third-order valence-corrected chi connectivity index (χ3v) is 3.72. The fraction of sp³-hybridized carbons (Fsp3) is 0.263. The van der Waals surface area contributed by atoms with Gasteiger partial charge in [0.1, 0.15) is 11.6 Å². The molecule has 3 heteroatoms. The second-order valence-electron chi connectivity index (χ2n) is 5.67. The van der Waals surface area contributed by atoms with Crippen LogP contribution in [0, 0.1) is 12.8 Å². The lowest BCUT2D eigenvalue weighted by atomic mass is 9.92. The van der Waals surface area contributed by atoms with E-state index < -0.39 is 5.92 Å². The van der Waals surface area contributed by atoms with Gasteiger partial charge in [-0.1, -0.05) is 29.8 Å². The van der Waals surface area contributed by atoms with Gasteiger partial charge < -0.3 is 5.32 Å². The van der Waals surface area contributed by atoms with E-state index in [0.717, 1.165) is 16.9 Å². The number of ketones is 2. The van der Waals surface area contributed by atoms with Crippen molar-refractivity contribution in [2.24, 2.45) is 5.92 Å². The van der Waals surface area contributed by atoms with Gasteiger partial charge in [-0.2, -0.15) is 0 Å². The molecule has 0 radical (unpaired) electrons. The molecule has 0 atom stereocenters. The highest BCUT2D eigenvalue weighted by molar-refractivity contribution is 6.00. The number of nitrogens with one attached hydrogen (secondary N) is 1. The van der Waals surface area contributed by atoms with E-state index in [9.17, 15) is 9.59 Å². The Kier molecular flexibility index (Phi) is 5.10. The van der Waals surface area contributed by atoms with Crippen LogP contribution in [0.1, 0.15) is 25.0 Å². The molecule has 2 rings (SSSR count). The Bertz CT molecular complexity index is 643. The Morgan fingerprint density at radius 2 is 1.32 bits per heavy atom. The van der Waals surface area contributed by atoms with E-state index in [-0.39, 0.29) is 11.6 Å². The van der Waals surface area contributed by atoms with Crippen LogP contribution in [-0.2, 0) is 16.0 Å². The minimum atomic E-state index is -0.532. The summed E-state index contributed by atoms with van der Waals surface area (Å²) in [5.74, 6) is -0.681. The van der Waals surface area contributed by atoms with E-state index >= 15 is 0 Å². The number of carbonyl (C=O) groups is 2. The zero-order chi connectivity index (χ0) is 16.1. The van der Waals surface area contributed by atoms with Gasteiger partial charge in [-0.25, -0.2) is 0 Å². The molecule has 0 aromatic heterocycles. The average Bonchev–Trinajstić information content (AvgIpc) is 2.48. The van der Waals surface area contributed by atoms with Crippen LogP contribution in [-0.4, -0.2) is 11.6 Å². The molecule has 0 saturated heterocycles. The number of hydrogen-bond donors (Lipinski definition) is 1. The van der Waals surface area contributed by atoms with Gasteiger partial charge in [-0.15, -0.1) is 0 Å². The standard InChI is InChI=1S/C19H21NO2/c1-13-4-8-17(9-5-13)20-18-10-6-16(7-11-18)12-19(14(2)21)15(3)22/h4-11,19-20H,12H2,1-3H3. The van der Waals surface area contributed by atoms with Crippen LogP contribution in [0.5, 0.6) is 0 Å². The summed E-state index contributed by atoms with van der Waals surface area (Å²) < 4.78 is 0. The van der Waals surface area contributed by atoms with Crippen LogP contribution >= 0.6 is 0 Å². The summed E-state index contributed by atoms with van der Waals surface area (Å²) in [4.78, 5) is 23.0. The SMILES string of the molecule is CC(=O)C(Cc1ccc(Nc2ccc(C)cc2)cc1)C(C)=O. The van der Waals surface area contributed by atoms with Gasteiger partial charge in [-0.05, 0) is 57.0 Å². The summed E-state index contributed by atoms with van der Waals surface area (Å²) in [6.07, 6.45) is 0.468. The van der Waals surface area contributed by atoms with Crippen molar-refractivity contribution in [3.63, 3.8) is 0 Å². The molecule has 22 heavy (non-hydrogen) atoms. The average molecular weight is 295 g/mol. The summed E-state index contributed by atoms with van der Waals surface area (Å²) in [7, 11) is 0. The molecule has 0 saturated carbocycles. The van der Waals surface area contributed by atoms with Crippen molar-refractivity contribution in [3.05, 3.63) is 59.7 Å². The number of anilines is 2. The normalized spacial score (nSPS) is 10.5. The molecule has 0 aliphatic rings. The minimum absolute atomic E-state index is 0.0747. The van der Waals surface area contributed by atoms with E-state index in [2.05, 4.69) is 24.4 Å². The van der Waals surface area contributed by atoms with Crippen molar-refractivity contribution in [1.82, 2.24) is 0 Å². The van der Waals surface area contributed by atoms with E-state index in [4.69, 9.17) is 0 Å². The van der Waals surface area contributed by atoms with Crippen molar-refractivity contribution in [1.29, 1.82) is 0 Å². The predicted octanol–water partition coefficient (Wildman–Crippen LogP) is 4.08. The summed E-state index contributed by atoms with van der Waals surface area (Å²) >= 11 is 0. The molecular formula is C19H21NO2. The highest BCUT2D eigenvalue weighted by Crippen LogP contribution is 2.19. The molecule has 0 fully saturated rings. The van der Waals surface area contributed by atoms with Crippen molar-refractivity contribution >= 4 is 22.9 Å². The lowest BCUT2D eigenvalue weighted by molar-refractivity contribution is -0.130. The molecular weight excluding hydrogens is 274 g/mol. The lowest BCUT2D eigenvalue weighted by Gasteiger charge is -2.11. The minimum Gasteiger partial charge on any atom is -0.356 e. The number of Topliss-reactive ketones (excluding diaryl/α,β-unsaturated/α-hetero) is 2. The van der Waals surface area contributed by atoms with Crippen LogP contribution in [0.3, 0.4) is 0 Å². The summed E-state index contributed by atoms with van der Waals surface area (Å²) in [5, 5.41) is 3.32. The first-order valence-electron chi connectivity index (χ1n) is 7.39. The molecule has 0 aliphatic carbocycles. The van der Waals surface area contributed by atoms with Gasteiger partial charge in [0, 0.05) is 11.4 Å². The van der Waals surface area contributed by atoms with E-state index in [1.807, 2.05) is 36.4 Å².